The fraction of sp³-hybridized carbons (Fsp3) is 0.214. The van der Waals surface area contributed by atoms with Crippen LogP contribution in [-0.4, -0.2) is 20.0 Å². The molecule has 0 atom stereocenters. The Kier molecular flexibility index (Phi) is 4.57. The van der Waals surface area contributed by atoms with E-state index in [-0.39, 0.29) is 11.5 Å². The van der Waals surface area contributed by atoms with Gasteiger partial charge in [-0.1, -0.05) is 6.92 Å². The minimum absolute atomic E-state index is 0.0609. The maximum absolute atomic E-state index is 12.1. The van der Waals surface area contributed by atoms with Gasteiger partial charge < -0.3 is 0 Å². The molecule has 2 rings (SSSR count). The summed E-state index contributed by atoms with van der Waals surface area (Å²) in [4.78, 5) is 12.1. The van der Waals surface area contributed by atoms with E-state index in [0.29, 0.717) is 23.2 Å². The van der Waals surface area contributed by atoms with Gasteiger partial charge >= 0.3 is 0 Å². The van der Waals surface area contributed by atoms with Gasteiger partial charge in [0.05, 0.1) is 5.75 Å². The van der Waals surface area contributed by atoms with Crippen LogP contribution in [-0.2, 0) is 10.0 Å². The second-order valence-corrected chi connectivity index (χ2v) is 6.96. The second kappa shape index (κ2) is 6.19. The zero-order chi connectivity index (χ0) is 14.6. The normalized spacial score (nSPS) is 11.2. The topological polar surface area (TPSA) is 63.2 Å². The summed E-state index contributed by atoms with van der Waals surface area (Å²) in [7, 11) is -3.29. The number of hydrogen-bond donors (Lipinski definition) is 1. The molecule has 0 saturated carbocycles. The number of sulfonamides is 1. The van der Waals surface area contributed by atoms with E-state index in [9.17, 15) is 13.2 Å². The molecule has 0 aliphatic heterocycles. The number of nitrogens with one attached hydrogen (secondary N) is 1. The number of benzene rings is 1. The Hall–Kier alpha value is -1.66. The smallest absolute Gasteiger partial charge is 0.232 e. The number of carbonyl (C=O) groups is 1. The lowest BCUT2D eigenvalue weighted by Gasteiger charge is -2.07. The summed E-state index contributed by atoms with van der Waals surface area (Å²) in [5, 5.41) is 3.64. The van der Waals surface area contributed by atoms with Crippen molar-refractivity contribution in [2.75, 3.05) is 10.5 Å². The molecular weight excluding hydrogens is 294 g/mol. The van der Waals surface area contributed by atoms with Crippen molar-refractivity contribution in [3.05, 3.63) is 52.2 Å². The van der Waals surface area contributed by atoms with Gasteiger partial charge in [0.1, 0.15) is 0 Å². The quantitative estimate of drug-likeness (QED) is 0.834. The summed E-state index contributed by atoms with van der Waals surface area (Å²) in [6.07, 6.45) is 0.560. The Morgan fingerprint density at radius 1 is 1.15 bits per heavy atom. The largest absolute Gasteiger partial charge is 0.289 e. The van der Waals surface area contributed by atoms with E-state index < -0.39 is 10.0 Å². The van der Waals surface area contributed by atoms with E-state index in [2.05, 4.69) is 4.72 Å². The first kappa shape index (κ1) is 14.7. The van der Waals surface area contributed by atoms with Crippen molar-refractivity contribution in [3.8, 4) is 0 Å². The Morgan fingerprint density at radius 2 is 1.85 bits per heavy atom. The molecular formula is C14H15NO3S2. The Balaban J connectivity index is 2.13. The lowest BCUT2D eigenvalue weighted by molar-refractivity contribution is 0.103. The van der Waals surface area contributed by atoms with Crippen LogP contribution >= 0.6 is 11.3 Å². The van der Waals surface area contributed by atoms with Crippen molar-refractivity contribution in [1.29, 1.82) is 0 Å². The molecule has 0 spiro atoms. The van der Waals surface area contributed by atoms with E-state index in [4.69, 9.17) is 0 Å². The average Bonchev–Trinajstić information content (AvgIpc) is 2.92. The fourth-order valence-electron chi connectivity index (χ4n) is 1.75. The van der Waals surface area contributed by atoms with Crippen LogP contribution < -0.4 is 4.72 Å². The summed E-state index contributed by atoms with van der Waals surface area (Å²) in [6, 6.07) is 8.23. The summed E-state index contributed by atoms with van der Waals surface area (Å²) >= 11 is 1.47. The lowest BCUT2D eigenvalue weighted by Crippen LogP contribution is -2.16. The zero-order valence-corrected chi connectivity index (χ0v) is 12.6. The third kappa shape index (κ3) is 3.68. The van der Waals surface area contributed by atoms with Crippen LogP contribution in [0.5, 0.6) is 0 Å². The molecule has 106 valence electrons. The Bertz CT molecular complexity index is 674. The molecule has 0 bridgehead atoms. The maximum atomic E-state index is 12.1. The molecule has 1 heterocycles. The van der Waals surface area contributed by atoms with Gasteiger partial charge in [0.2, 0.25) is 10.0 Å². The SMILES string of the molecule is CCCS(=O)(=O)Nc1ccc(C(=O)c2ccsc2)cc1. The standard InChI is InChI=1S/C14H15NO3S2/c1-2-9-20(17,18)15-13-5-3-11(4-6-13)14(16)12-7-8-19-10-12/h3-8,10,15H,2,9H2,1H3. The molecule has 0 unspecified atom stereocenters. The van der Waals surface area contributed by atoms with Crippen LogP contribution in [0, 0.1) is 0 Å². The molecule has 0 amide bonds. The van der Waals surface area contributed by atoms with Gasteiger partial charge in [-0.25, -0.2) is 8.42 Å². The van der Waals surface area contributed by atoms with Crippen molar-refractivity contribution in [2.45, 2.75) is 13.3 Å². The molecule has 0 aliphatic rings. The van der Waals surface area contributed by atoms with Crippen molar-refractivity contribution in [3.63, 3.8) is 0 Å². The molecule has 0 aliphatic carbocycles. The molecule has 2 aromatic rings. The highest BCUT2D eigenvalue weighted by molar-refractivity contribution is 7.92. The fourth-order valence-corrected chi connectivity index (χ4v) is 3.52. The molecule has 0 saturated heterocycles. The number of hydrogen-bond acceptors (Lipinski definition) is 4. The molecule has 0 radical (unpaired) electrons. The molecule has 1 aromatic heterocycles. The van der Waals surface area contributed by atoms with Crippen molar-refractivity contribution in [1.82, 2.24) is 0 Å². The number of rotatable bonds is 6. The van der Waals surface area contributed by atoms with Crippen LogP contribution in [0.2, 0.25) is 0 Å². The highest BCUT2D eigenvalue weighted by atomic mass is 32.2. The minimum Gasteiger partial charge on any atom is -0.289 e. The van der Waals surface area contributed by atoms with Gasteiger partial charge in [-0.15, -0.1) is 0 Å². The van der Waals surface area contributed by atoms with Crippen LogP contribution in [0.25, 0.3) is 0 Å². The van der Waals surface area contributed by atoms with Crippen LogP contribution in [0.3, 0.4) is 0 Å². The van der Waals surface area contributed by atoms with Gasteiger partial charge in [0.25, 0.3) is 0 Å². The number of carbonyl (C=O) groups excluding carboxylic acids is 1. The van der Waals surface area contributed by atoms with Crippen molar-refractivity contribution in [2.24, 2.45) is 0 Å². The first-order chi connectivity index (χ1) is 9.52. The molecule has 20 heavy (non-hydrogen) atoms. The predicted octanol–water partition coefficient (Wildman–Crippen LogP) is 3.13. The second-order valence-electron chi connectivity index (χ2n) is 4.34. The Labute approximate surface area is 122 Å². The van der Waals surface area contributed by atoms with Gasteiger partial charge in [-0.3, -0.25) is 9.52 Å². The van der Waals surface area contributed by atoms with Gasteiger partial charge in [0, 0.05) is 22.2 Å². The highest BCUT2D eigenvalue weighted by Crippen LogP contribution is 2.16. The third-order valence-corrected chi connectivity index (χ3v) is 4.85. The summed E-state index contributed by atoms with van der Waals surface area (Å²) < 4.78 is 25.7. The summed E-state index contributed by atoms with van der Waals surface area (Å²) in [5.41, 5.74) is 1.66. The maximum Gasteiger partial charge on any atom is 0.232 e. The Morgan fingerprint density at radius 3 is 2.40 bits per heavy atom. The molecule has 1 N–H and O–H groups in total. The third-order valence-electron chi connectivity index (χ3n) is 2.68. The van der Waals surface area contributed by atoms with Crippen LogP contribution in [0.1, 0.15) is 29.3 Å². The van der Waals surface area contributed by atoms with Gasteiger partial charge in [0.15, 0.2) is 5.78 Å². The van der Waals surface area contributed by atoms with E-state index >= 15 is 0 Å². The predicted molar refractivity (Wildman–Crippen MR) is 81.9 cm³/mol. The molecule has 1 aromatic carbocycles. The van der Waals surface area contributed by atoms with E-state index in [1.54, 1.807) is 35.7 Å². The van der Waals surface area contributed by atoms with Crippen molar-refractivity contribution >= 4 is 32.8 Å². The first-order valence-corrected chi connectivity index (χ1v) is 8.79. The van der Waals surface area contributed by atoms with Gasteiger partial charge in [-0.05, 0) is 42.1 Å². The van der Waals surface area contributed by atoms with E-state index in [0.717, 1.165) is 0 Å². The average molecular weight is 309 g/mol. The van der Waals surface area contributed by atoms with Gasteiger partial charge in [-0.2, -0.15) is 11.3 Å². The van der Waals surface area contributed by atoms with Crippen molar-refractivity contribution < 1.29 is 13.2 Å². The minimum atomic E-state index is -3.29. The monoisotopic (exact) mass is 309 g/mol. The van der Waals surface area contributed by atoms with Crippen LogP contribution in [0.15, 0.2) is 41.1 Å². The molecule has 6 heteroatoms. The molecule has 0 fully saturated rings. The van der Waals surface area contributed by atoms with Crippen LogP contribution in [0.4, 0.5) is 5.69 Å². The number of anilines is 1. The number of thiophene rings is 1. The summed E-state index contributed by atoms with van der Waals surface area (Å²) in [6.45, 7) is 1.81. The van der Waals surface area contributed by atoms with E-state index in [1.807, 2.05) is 12.3 Å². The highest BCUT2D eigenvalue weighted by Gasteiger charge is 2.11. The molecule has 4 nitrogen and oxygen atoms in total. The first-order valence-electron chi connectivity index (χ1n) is 6.19. The van der Waals surface area contributed by atoms with E-state index in [1.165, 1.54) is 11.3 Å². The number of ketones is 1. The zero-order valence-electron chi connectivity index (χ0n) is 11.0. The summed E-state index contributed by atoms with van der Waals surface area (Å²) in [5.74, 6) is 0.0250. The lowest BCUT2D eigenvalue weighted by atomic mass is 10.1.